The van der Waals surface area contributed by atoms with Gasteiger partial charge in [0, 0.05) is 52.9 Å². The van der Waals surface area contributed by atoms with Crippen LogP contribution in [0.15, 0.2) is 54.6 Å². The van der Waals surface area contributed by atoms with Crippen molar-refractivity contribution in [3.05, 3.63) is 54.6 Å². The first-order valence-corrected chi connectivity index (χ1v) is 12.9. The third-order valence-electron chi connectivity index (χ3n) is 6.54. The second-order valence-corrected chi connectivity index (χ2v) is 9.03. The van der Waals surface area contributed by atoms with Gasteiger partial charge in [0.15, 0.2) is 0 Å². The Kier molecular flexibility index (Phi) is 7.93. The van der Waals surface area contributed by atoms with Gasteiger partial charge in [-0.05, 0) is 53.6 Å². The van der Waals surface area contributed by atoms with Gasteiger partial charge in [-0.2, -0.15) is 0 Å². The van der Waals surface area contributed by atoms with Gasteiger partial charge in [-0.1, -0.05) is 76.4 Å². The van der Waals surface area contributed by atoms with Gasteiger partial charge in [0.25, 0.3) is 0 Å². The molecule has 3 nitrogen and oxygen atoms in total. The molecule has 0 amide bonds. The maximum atomic E-state index is 3.75. The molecule has 0 saturated heterocycles. The van der Waals surface area contributed by atoms with E-state index in [9.17, 15) is 0 Å². The Hall–Kier alpha value is -2.94. The van der Waals surface area contributed by atoms with Crippen LogP contribution in [0.5, 0.6) is 0 Å². The lowest BCUT2D eigenvalue weighted by Crippen LogP contribution is -2.05. The second kappa shape index (κ2) is 11.3. The third-order valence-corrected chi connectivity index (χ3v) is 6.54. The average Bonchev–Trinajstić information content (AvgIpc) is 2.84. The normalized spacial score (nSPS) is 11.4. The summed E-state index contributed by atoms with van der Waals surface area (Å²) in [4.78, 5) is 0. The molecule has 0 atom stereocenters. The minimum absolute atomic E-state index is 1.000. The van der Waals surface area contributed by atoms with Gasteiger partial charge in [0.05, 0.1) is 0 Å². The van der Waals surface area contributed by atoms with E-state index < -0.39 is 0 Å². The van der Waals surface area contributed by atoms with Crippen molar-refractivity contribution in [1.29, 1.82) is 0 Å². The molecule has 0 radical (unpaired) electrons. The Bertz CT molecular complexity index is 1030. The number of anilines is 3. The third kappa shape index (κ3) is 4.88. The lowest BCUT2D eigenvalue weighted by atomic mass is 9.91. The van der Waals surface area contributed by atoms with E-state index >= 15 is 0 Å². The molecule has 0 spiro atoms. The number of unbranched alkanes of at least 4 members (excludes halogenated alkanes) is 3. The molecule has 0 aliphatic carbocycles. The molecule has 0 fully saturated rings. The van der Waals surface area contributed by atoms with Gasteiger partial charge in [0.1, 0.15) is 0 Å². The molecular weight excluding hydrogens is 402 g/mol. The Balaban J connectivity index is 2.02. The highest BCUT2D eigenvalue weighted by molar-refractivity contribution is 6.32. The van der Waals surface area contributed by atoms with Crippen LogP contribution < -0.4 is 16.0 Å². The number of nitrogens with one attached hydrogen (secondary N) is 3. The van der Waals surface area contributed by atoms with Crippen LogP contribution in [-0.2, 0) is 0 Å². The number of fused-ring (bicyclic) bond motifs is 6. The number of benzene rings is 4. The fourth-order valence-electron chi connectivity index (χ4n) is 4.79. The van der Waals surface area contributed by atoms with E-state index in [1.807, 2.05) is 0 Å². The molecule has 0 aromatic heterocycles. The Morgan fingerprint density at radius 1 is 0.455 bits per heavy atom. The number of rotatable bonds is 12. The van der Waals surface area contributed by atoms with Gasteiger partial charge >= 0.3 is 0 Å². The summed E-state index contributed by atoms with van der Waals surface area (Å²) < 4.78 is 0. The van der Waals surface area contributed by atoms with Crippen LogP contribution in [0.1, 0.15) is 59.3 Å². The maximum Gasteiger partial charge on any atom is 0.0426 e. The van der Waals surface area contributed by atoms with E-state index in [1.165, 1.54) is 87.9 Å². The summed E-state index contributed by atoms with van der Waals surface area (Å²) in [7, 11) is 0. The molecular formula is C30H39N3. The molecule has 33 heavy (non-hydrogen) atoms. The van der Waals surface area contributed by atoms with Crippen molar-refractivity contribution in [3.8, 4) is 0 Å². The van der Waals surface area contributed by atoms with Gasteiger partial charge in [-0.25, -0.2) is 0 Å². The average molecular weight is 442 g/mol. The topological polar surface area (TPSA) is 36.1 Å². The van der Waals surface area contributed by atoms with Crippen molar-refractivity contribution < 1.29 is 0 Å². The quantitative estimate of drug-likeness (QED) is 0.152. The number of hydrogen-bond donors (Lipinski definition) is 3. The van der Waals surface area contributed by atoms with Crippen molar-refractivity contribution in [2.24, 2.45) is 0 Å². The van der Waals surface area contributed by atoms with Gasteiger partial charge in [0.2, 0.25) is 0 Å². The molecule has 0 unspecified atom stereocenters. The summed E-state index contributed by atoms with van der Waals surface area (Å²) in [5.41, 5.74) is 3.71. The summed E-state index contributed by atoms with van der Waals surface area (Å²) in [5.74, 6) is 0. The highest BCUT2D eigenvalue weighted by Gasteiger charge is 2.16. The van der Waals surface area contributed by atoms with E-state index in [1.54, 1.807) is 0 Å². The molecule has 0 aliphatic rings. The zero-order valence-corrected chi connectivity index (χ0v) is 20.6. The Morgan fingerprint density at radius 3 is 1.03 bits per heavy atom. The fourth-order valence-corrected chi connectivity index (χ4v) is 4.79. The zero-order chi connectivity index (χ0) is 23.0. The predicted octanol–water partition coefficient (Wildman–Crippen LogP) is 8.78. The van der Waals surface area contributed by atoms with Crippen LogP contribution in [-0.4, -0.2) is 19.6 Å². The molecule has 3 N–H and O–H groups in total. The van der Waals surface area contributed by atoms with Crippen molar-refractivity contribution in [1.82, 2.24) is 0 Å². The summed E-state index contributed by atoms with van der Waals surface area (Å²) in [6.07, 6.45) is 7.11. The predicted molar refractivity (Wildman–Crippen MR) is 149 cm³/mol. The summed E-state index contributed by atoms with van der Waals surface area (Å²) in [5, 5.41) is 19.2. The first-order chi connectivity index (χ1) is 16.3. The Morgan fingerprint density at radius 2 is 0.758 bits per heavy atom. The Labute approximate surface area is 199 Å². The molecule has 4 aromatic carbocycles. The second-order valence-electron chi connectivity index (χ2n) is 9.03. The first kappa shape index (κ1) is 23.2. The summed E-state index contributed by atoms with van der Waals surface area (Å²) in [6, 6.07) is 20.2. The molecule has 0 aliphatic heterocycles. The minimum Gasteiger partial charge on any atom is -0.385 e. The van der Waals surface area contributed by atoms with Crippen LogP contribution in [0.4, 0.5) is 17.1 Å². The highest BCUT2D eigenvalue weighted by Crippen LogP contribution is 2.44. The van der Waals surface area contributed by atoms with Crippen LogP contribution >= 0.6 is 0 Å². The first-order valence-electron chi connectivity index (χ1n) is 12.9. The fraction of sp³-hybridized carbons (Fsp3) is 0.400. The van der Waals surface area contributed by atoms with Crippen molar-refractivity contribution in [2.45, 2.75) is 59.3 Å². The van der Waals surface area contributed by atoms with E-state index in [0.717, 1.165) is 19.6 Å². The van der Waals surface area contributed by atoms with Crippen LogP contribution in [0.2, 0.25) is 0 Å². The monoisotopic (exact) mass is 441 g/mol. The SMILES string of the molecule is CCCCNc1cccc2c1c1cccc(NCCCC)c1c1cccc(NCCCC)c21. The lowest BCUT2D eigenvalue weighted by molar-refractivity contribution is 0.835. The molecule has 3 heteroatoms. The minimum atomic E-state index is 1.000. The molecule has 0 heterocycles. The number of hydrogen-bond acceptors (Lipinski definition) is 3. The van der Waals surface area contributed by atoms with Crippen LogP contribution in [0.25, 0.3) is 32.3 Å². The van der Waals surface area contributed by atoms with E-state index in [-0.39, 0.29) is 0 Å². The van der Waals surface area contributed by atoms with Crippen molar-refractivity contribution >= 4 is 49.4 Å². The van der Waals surface area contributed by atoms with Crippen molar-refractivity contribution in [3.63, 3.8) is 0 Å². The van der Waals surface area contributed by atoms with Gasteiger partial charge in [-0.3, -0.25) is 0 Å². The molecule has 4 rings (SSSR count). The summed E-state index contributed by atoms with van der Waals surface area (Å²) >= 11 is 0. The van der Waals surface area contributed by atoms with Gasteiger partial charge in [-0.15, -0.1) is 0 Å². The standard InChI is InChI=1S/C30H39N3/c1-4-7-19-31-25-16-10-13-22-28(25)23-14-11-17-26(32-20-8-5-2)30(23)24-15-12-18-27(29(22)24)33-21-9-6-3/h10-18,31-33H,4-9,19-21H2,1-3H3. The van der Waals surface area contributed by atoms with E-state index in [4.69, 9.17) is 0 Å². The molecule has 0 bridgehead atoms. The molecule has 4 aromatic rings. The van der Waals surface area contributed by atoms with E-state index in [0.29, 0.717) is 0 Å². The van der Waals surface area contributed by atoms with Crippen molar-refractivity contribution in [2.75, 3.05) is 35.6 Å². The zero-order valence-electron chi connectivity index (χ0n) is 20.6. The van der Waals surface area contributed by atoms with Crippen LogP contribution in [0, 0.1) is 0 Å². The van der Waals surface area contributed by atoms with E-state index in [2.05, 4.69) is 91.3 Å². The largest absolute Gasteiger partial charge is 0.385 e. The molecule has 174 valence electrons. The highest BCUT2D eigenvalue weighted by atomic mass is 14.9. The lowest BCUT2D eigenvalue weighted by Gasteiger charge is -2.20. The van der Waals surface area contributed by atoms with Crippen LogP contribution in [0.3, 0.4) is 0 Å². The van der Waals surface area contributed by atoms with Gasteiger partial charge < -0.3 is 16.0 Å². The maximum absolute atomic E-state index is 3.75. The smallest absolute Gasteiger partial charge is 0.0426 e. The molecule has 0 saturated carbocycles. The summed E-state index contributed by atoms with van der Waals surface area (Å²) in [6.45, 7) is 9.74.